The number of nitrogens with zero attached hydrogens (tertiary/aromatic N) is 2. The van der Waals surface area contributed by atoms with Gasteiger partial charge < -0.3 is 19.9 Å². The van der Waals surface area contributed by atoms with Crippen molar-refractivity contribution < 1.29 is 18.7 Å². The highest BCUT2D eigenvalue weighted by Crippen LogP contribution is 2.19. The number of ether oxygens (including phenoxy) is 1. The number of anilines is 2. The van der Waals surface area contributed by atoms with Gasteiger partial charge in [0, 0.05) is 31.0 Å². The molecule has 0 bridgehead atoms. The lowest BCUT2D eigenvalue weighted by atomic mass is 10.1. The van der Waals surface area contributed by atoms with Gasteiger partial charge in [0.05, 0.1) is 19.6 Å². The van der Waals surface area contributed by atoms with Crippen LogP contribution in [0.2, 0.25) is 0 Å². The molecule has 1 saturated heterocycles. The third-order valence-corrected chi connectivity index (χ3v) is 5.70. The van der Waals surface area contributed by atoms with Crippen molar-refractivity contribution in [2.75, 3.05) is 43.1 Å². The van der Waals surface area contributed by atoms with Gasteiger partial charge >= 0.3 is 0 Å². The molecule has 1 aliphatic rings. The first-order valence-electron chi connectivity index (χ1n) is 11.4. The Morgan fingerprint density at radius 2 is 1.56 bits per heavy atom. The third kappa shape index (κ3) is 6.65. The van der Waals surface area contributed by atoms with Crippen LogP contribution in [0.3, 0.4) is 0 Å². The predicted molar refractivity (Wildman–Crippen MR) is 130 cm³/mol. The maximum atomic E-state index is 13.3. The summed E-state index contributed by atoms with van der Waals surface area (Å²) in [6, 6.07) is 23.0. The second-order valence-corrected chi connectivity index (χ2v) is 8.23. The SMILES string of the molecule is O=C(CN(Cc1ccc(F)cc1)C(=O)Cc1ccccc1)Nc1ccc(N2CCOCC2)cc1. The number of halogens is 1. The van der Waals surface area contributed by atoms with E-state index in [1.807, 2.05) is 54.6 Å². The van der Waals surface area contributed by atoms with Gasteiger partial charge in [0.2, 0.25) is 11.8 Å². The molecule has 34 heavy (non-hydrogen) atoms. The number of morpholine rings is 1. The van der Waals surface area contributed by atoms with Crippen LogP contribution >= 0.6 is 0 Å². The normalized spacial score (nSPS) is 13.4. The Labute approximate surface area is 198 Å². The van der Waals surface area contributed by atoms with Gasteiger partial charge in [-0.05, 0) is 47.5 Å². The van der Waals surface area contributed by atoms with Gasteiger partial charge in [-0.1, -0.05) is 42.5 Å². The minimum atomic E-state index is -0.343. The molecule has 0 atom stereocenters. The molecule has 1 N–H and O–H groups in total. The van der Waals surface area contributed by atoms with Crippen LogP contribution in [-0.4, -0.2) is 49.6 Å². The van der Waals surface area contributed by atoms with Crippen LogP contribution in [-0.2, 0) is 27.3 Å². The Bertz CT molecular complexity index is 1080. The summed E-state index contributed by atoms with van der Waals surface area (Å²) in [5, 5.41) is 2.88. The number of rotatable bonds is 8. The molecule has 0 aromatic heterocycles. The highest BCUT2D eigenvalue weighted by atomic mass is 19.1. The number of hydrogen-bond donors (Lipinski definition) is 1. The summed E-state index contributed by atoms with van der Waals surface area (Å²) >= 11 is 0. The summed E-state index contributed by atoms with van der Waals surface area (Å²) in [5.74, 6) is -0.805. The van der Waals surface area contributed by atoms with Gasteiger partial charge in [-0.2, -0.15) is 0 Å². The maximum Gasteiger partial charge on any atom is 0.244 e. The Hall–Kier alpha value is -3.71. The first-order valence-corrected chi connectivity index (χ1v) is 11.4. The largest absolute Gasteiger partial charge is 0.378 e. The number of hydrogen-bond acceptors (Lipinski definition) is 4. The molecule has 3 aromatic carbocycles. The predicted octanol–water partition coefficient (Wildman–Crippen LogP) is 3.87. The van der Waals surface area contributed by atoms with Crippen molar-refractivity contribution in [1.82, 2.24) is 4.90 Å². The highest BCUT2D eigenvalue weighted by Gasteiger charge is 2.19. The van der Waals surface area contributed by atoms with Crippen molar-refractivity contribution >= 4 is 23.2 Å². The molecule has 0 spiro atoms. The van der Waals surface area contributed by atoms with Crippen LogP contribution in [0.5, 0.6) is 0 Å². The number of nitrogens with one attached hydrogen (secondary N) is 1. The maximum absolute atomic E-state index is 13.3. The summed E-state index contributed by atoms with van der Waals surface area (Å²) in [6.07, 6.45) is 0.184. The van der Waals surface area contributed by atoms with Gasteiger partial charge in [0.25, 0.3) is 0 Å². The molecular formula is C27H28FN3O3. The third-order valence-electron chi connectivity index (χ3n) is 5.70. The highest BCUT2D eigenvalue weighted by molar-refractivity contribution is 5.95. The van der Waals surface area contributed by atoms with Gasteiger partial charge in [0.15, 0.2) is 0 Å². The van der Waals surface area contributed by atoms with E-state index in [1.165, 1.54) is 17.0 Å². The molecule has 4 rings (SSSR count). The molecule has 0 radical (unpaired) electrons. The zero-order chi connectivity index (χ0) is 23.8. The standard InChI is InChI=1S/C27H28FN3O3/c28-23-8-6-22(7-9-23)19-31(27(33)18-21-4-2-1-3-5-21)20-26(32)29-24-10-12-25(13-11-24)30-14-16-34-17-15-30/h1-13H,14-20H2,(H,29,32). The summed E-state index contributed by atoms with van der Waals surface area (Å²) in [7, 11) is 0. The van der Waals surface area contributed by atoms with Crippen molar-refractivity contribution in [2.24, 2.45) is 0 Å². The Kier molecular flexibility index (Phi) is 7.88. The zero-order valence-electron chi connectivity index (χ0n) is 19.0. The van der Waals surface area contributed by atoms with Gasteiger partial charge in [-0.15, -0.1) is 0 Å². The van der Waals surface area contributed by atoms with Crippen LogP contribution < -0.4 is 10.2 Å². The first-order chi connectivity index (χ1) is 16.6. The van der Waals surface area contributed by atoms with Gasteiger partial charge in [0.1, 0.15) is 12.4 Å². The van der Waals surface area contributed by atoms with Crippen LogP contribution in [0, 0.1) is 5.82 Å². The van der Waals surface area contributed by atoms with Crippen molar-refractivity contribution in [1.29, 1.82) is 0 Å². The molecule has 1 heterocycles. The zero-order valence-corrected chi connectivity index (χ0v) is 19.0. The summed E-state index contributed by atoms with van der Waals surface area (Å²) in [5.41, 5.74) is 3.37. The van der Waals surface area contributed by atoms with E-state index in [1.54, 1.807) is 12.1 Å². The summed E-state index contributed by atoms with van der Waals surface area (Å²) in [6.45, 7) is 3.21. The lowest BCUT2D eigenvalue weighted by Gasteiger charge is -2.29. The molecule has 1 fully saturated rings. The minimum Gasteiger partial charge on any atom is -0.378 e. The molecule has 176 valence electrons. The first kappa shape index (κ1) is 23.4. The Morgan fingerprint density at radius 1 is 0.882 bits per heavy atom. The molecule has 1 aliphatic heterocycles. The van der Waals surface area contributed by atoms with Gasteiger partial charge in [-0.3, -0.25) is 9.59 Å². The minimum absolute atomic E-state index is 0.103. The number of carbonyl (C=O) groups is 2. The molecule has 0 aliphatic carbocycles. The molecule has 0 saturated carbocycles. The van der Waals surface area contributed by atoms with Crippen molar-refractivity contribution in [3.05, 3.63) is 95.8 Å². The van der Waals surface area contributed by atoms with E-state index in [-0.39, 0.29) is 37.1 Å². The topological polar surface area (TPSA) is 61.9 Å². The average Bonchev–Trinajstić information content (AvgIpc) is 2.86. The monoisotopic (exact) mass is 461 g/mol. The van der Waals surface area contributed by atoms with E-state index in [0.29, 0.717) is 18.9 Å². The lowest BCUT2D eigenvalue weighted by Crippen LogP contribution is -2.38. The van der Waals surface area contributed by atoms with Crippen molar-refractivity contribution in [2.45, 2.75) is 13.0 Å². The van der Waals surface area contributed by atoms with Crippen LogP contribution in [0.1, 0.15) is 11.1 Å². The Morgan fingerprint density at radius 3 is 2.24 bits per heavy atom. The number of carbonyl (C=O) groups excluding carboxylic acids is 2. The quantitative estimate of drug-likeness (QED) is 0.553. The van der Waals surface area contributed by atoms with E-state index < -0.39 is 0 Å². The van der Waals surface area contributed by atoms with E-state index in [4.69, 9.17) is 4.74 Å². The molecule has 7 heteroatoms. The fourth-order valence-electron chi connectivity index (χ4n) is 3.88. The molecule has 2 amide bonds. The van der Waals surface area contributed by atoms with E-state index in [2.05, 4.69) is 10.2 Å². The van der Waals surface area contributed by atoms with Crippen LogP contribution in [0.4, 0.5) is 15.8 Å². The lowest BCUT2D eigenvalue weighted by molar-refractivity contribution is -0.134. The van der Waals surface area contributed by atoms with Crippen molar-refractivity contribution in [3.8, 4) is 0 Å². The second-order valence-electron chi connectivity index (χ2n) is 8.23. The number of benzene rings is 3. The summed E-state index contributed by atoms with van der Waals surface area (Å²) < 4.78 is 18.7. The Balaban J connectivity index is 1.41. The average molecular weight is 462 g/mol. The molecule has 6 nitrogen and oxygen atoms in total. The molecular weight excluding hydrogens is 433 g/mol. The fourth-order valence-corrected chi connectivity index (χ4v) is 3.88. The molecule has 0 unspecified atom stereocenters. The fraction of sp³-hybridized carbons (Fsp3) is 0.259. The van der Waals surface area contributed by atoms with Gasteiger partial charge in [-0.25, -0.2) is 4.39 Å². The second kappa shape index (κ2) is 11.4. The van der Waals surface area contributed by atoms with Crippen molar-refractivity contribution in [3.63, 3.8) is 0 Å². The van der Waals surface area contributed by atoms with Crippen LogP contribution in [0.25, 0.3) is 0 Å². The van der Waals surface area contributed by atoms with E-state index in [9.17, 15) is 14.0 Å². The number of amides is 2. The summed E-state index contributed by atoms with van der Waals surface area (Å²) in [4.78, 5) is 29.6. The molecule has 3 aromatic rings. The van der Waals surface area contributed by atoms with E-state index >= 15 is 0 Å². The van der Waals surface area contributed by atoms with E-state index in [0.717, 1.165) is 29.9 Å². The van der Waals surface area contributed by atoms with Crippen LogP contribution in [0.15, 0.2) is 78.9 Å². The smallest absolute Gasteiger partial charge is 0.244 e.